The highest BCUT2D eigenvalue weighted by Gasteiger charge is 1.94. The Morgan fingerprint density at radius 2 is 2.19 bits per heavy atom. The maximum Gasteiger partial charge on any atom is 0.258 e. The molecule has 0 atom stereocenters. The van der Waals surface area contributed by atoms with E-state index >= 15 is 0 Å². The number of para-hydroxylation sites is 1. The summed E-state index contributed by atoms with van der Waals surface area (Å²) in [5, 5.41) is 7.85. The van der Waals surface area contributed by atoms with Crippen LogP contribution in [0, 0.1) is 11.3 Å². The minimum absolute atomic E-state index is 0.208. The predicted octanol–water partition coefficient (Wildman–Crippen LogP) is 1.85. The topological polar surface area (TPSA) is 79.8 Å². The Hall–Kier alpha value is -2.19. The second-order valence-corrected chi connectivity index (χ2v) is 3.66. The van der Waals surface area contributed by atoms with Gasteiger partial charge in [0, 0.05) is 0 Å². The first-order valence-electron chi connectivity index (χ1n) is 4.32. The van der Waals surface area contributed by atoms with Crippen molar-refractivity contribution in [2.75, 3.05) is 0 Å². The van der Waals surface area contributed by atoms with Gasteiger partial charge in [-0.2, -0.15) is 5.26 Å². The molecule has 1 aromatic carbocycles. The van der Waals surface area contributed by atoms with Crippen molar-refractivity contribution in [2.45, 2.75) is 0 Å². The summed E-state index contributed by atoms with van der Waals surface area (Å²) in [4.78, 5) is 14.0. The van der Waals surface area contributed by atoms with E-state index in [2.05, 4.69) is 23.4 Å². The molecule has 0 aliphatic carbocycles. The Bertz CT molecular complexity index is 523. The molecule has 0 fully saturated rings. The summed E-state index contributed by atoms with van der Waals surface area (Å²) in [6.07, 6.45) is 0. The molecule has 0 spiro atoms. The largest absolute Gasteiger partial charge is 0.365 e. The number of hydrogen-bond acceptors (Lipinski definition) is 4. The molecule has 1 aromatic heterocycles. The van der Waals surface area contributed by atoms with E-state index < -0.39 is 5.91 Å². The number of carbonyl (C=O) groups is 1. The van der Waals surface area contributed by atoms with Crippen molar-refractivity contribution in [1.82, 2.24) is 4.98 Å². The number of carbonyl (C=O) groups excluding carboxylic acids is 1. The molecule has 2 aromatic rings. The number of primary amides is 1. The molecular formula is C11H9N3OS. The maximum absolute atomic E-state index is 9.83. The van der Waals surface area contributed by atoms with Crippen molar-refractivity contribution >= 4 is 27.5 Å². The van der Waals surface area contributed by atoms with E-state index in [0.29, 0.717) is 0 Å². The van der Waals surface area contributed by atoms with E-state index in [1.807, 2.05) is 23.7 Å². The van der Waals surface area contributed by atoms with Gasteiger partial charge in [0.1, 0.15) is 11.6 Å². The number of nitrogens with zero attached hydrogens (tertiary/aromatic N) is 2. The van der Waals surface area contributed by atoms with Crippen LogP contribution in [-0.4, -0.2) is 10.9 Å². The number of fused-ring (bicyclic) bond motifs is 1. The van der Waals surface area contributed by atoms with E-state index in [4.69, 9.17) is 5.26 Å². The lowest BCUT2D eigenvalue weighted by molar-refractivity contribution is -0.114. The van der Waals surface area contributed by atoms with Crippen molar-refractivity contribution in [3.8, 4) is 6.07 Å². The minimum Gasteiger partial charge on any atom is -0.365 e. The molecule has 1 amide bonds. The van der Waals surface area contributed by atoms with Gasteiger partial charge in [-0.15, -0.1) is 11.3 Å². The van der Waals surface area contributed by atoms with Gasteiger partial charge in [-0.3, -0.25) is 4.79 Å². The molecular weight excluding hydrogens is 222 g/mol. The fourth-order valence-corrected chi connectivity index (χ4v) is 1.54. The van der Waals surface area contributed by atoms with Gasteiger partial charge in [-0.25, -0.2) is 4.98 Å². The molecule has 4 nitrogen and oxygen atoms in total. The van der Waals surface area contributed by atoms with Gasteiger partial charge < -0.3 is 5.73 Å². The van der Waals surface area contributed by atoms with Crippen LogP contribution in [0.5, 0.6) is 0 Å². The summed E-state index contributed by atoms with van der Waals surface area (Å²) >= 11 is 1.68. The van der Waals surface area contributed by atoms with Crippen LogP contribution < -0.4 is 5.73 Å². The average Bonchev–Trinajstić information content (AvgIpc) is 2.76. The lowest BCUT2D eigenvalue weighted by Gasteiger charge is -1.80. The van der Waals surface area contributed by atoms with E-state index in [0.717, 1.165) is 5.52 Å². The molecule has 0 radical (unpaired) electrons. The fraction of sp³-hybridized carbons (Fsp3) is 0. The maximum atomic E-state index is 9.83. The summed E-state index contributed by atoms with van der Waals surface area (Å²) in [7, 11) is 0. The number of benzene rings is 1. The molecule has 0 aliphatic heterocycles. The van der Waals surface area contributed by atoms with Crippen molar-refractivity contribution in [2.24, 2.45) is 5.73 Å². The third-order valence-electron chi connectivity index (χ3n) is 1.67. The zero-order chi connectivity index (χ0) is 12.0. The number of thiazole rings is 1. The highest BCUT2D eigenvalue weighted by Crippen LogP contribution is 2.15. The molecule has 0 unspecified atom stereocenters. The van der Waals surface area contributed by atoms with Crippen LogP contribution in [0.25, 0.3) is 10.2 Å². The Labute approximate surface area is 96.6 Å². The minimum atomic E-state index is -0.762. The number of rotatable bonds is 1. The molecule has 5 heteroatoms. The molecule has 1 heterocycles. The summed E-state index contributed by atoms with van der Waals surface area (Å²) in [6.45, 7) is 3.04. The SMILES string of the molecule is C=C(C#N)C(N)=O.c1ccc2scnc2c1. The van der Waals surface area contributed by atoms with Crippen LogP contribution in [0.1, 0.15) is 0 Å². The highest BCUT2D eigenvalue weighted by molar-refractivity contribution is 7.16. The lowest BCUT2D eigenvalue weighted by Crippen LogP contribution is -2.11. The number of nitriles is 1. The van der Waals surface area contributed by atoms with Gasteiger partial charge in [0.15, 0.2) is 0 Å². The van der Waals surface area contributed by atoms with E-state index in [9.17, 15) is 4.79 Å². The second kappa shape index (κ2) is 5.63. The van der Waals surface area contributed by atoms with Crippen molar-refractivity contribution in [1.29, 1.82) is 5.26 Å². The highest BCUT2D eigenvalue weighted by atomic mass is 32.1. The Kier molecular flexibility index (Phi) is 4.18. The predicted molar refractivity (Wildman–Crippen MR) is 63.6 cm³/mol. The van der Waals surface area contributed by atoms with Crippen molar-refractivity contribution in [3.05, 3.63) is 41.9 Å². The van der Waals surface area contributed by atoms with Crippen LogP contribution in [0.4, 0.5) is 0 Å². The summed E-state index contributed by atoms with van der Waals surface area (Å²) in [5.74, 6) is -0.762. The van der Waals surface area contributed by atoms with Crippen LogP contribution >= 0.6 is 11.3 Å². The first kappa shape index (κ1) is 11.9. The van der Waals surface area contributed by atoms with Crippen molar-refractivity contribution in [3.63, 3.8) is 0 Å². The van der Waals surface area contributed by atoms with Crippen LogP contribution in [0.15, 0.2) is 41.9 Å². The van der Waals surface area contributed by atoms with E-state index in [1.165, 1.54) is 10.8 Å². The van der Waals surface area contributed by atoms with Crippen LogP contribution in [-0.2, 0) is 4.79 Å². The molecule has 80 valence electrons. The molecule has 0 aliphatic rings. The van der Waals surface area contributed by atoms with E-state index in [1.54, 1.807) is 11.3 Å². The summed E-state index contributed by atoms with van der Waals surface area (Å²) in [5.41, 5.74) is 7.34. The average molecular weight is 231 g/mol. The van der Waals surface area contributed by atoms with Crippen molar-refractivity contribution < 1.29 is 4.79 Å². The molecule has 0 bridgehead atoms. The number of amides is 1. The standard InChI is InChI=1S/C7H5NS.C4H4N2O/c1-2-4-7-6(3-1)8-5-9-7;1-3(2-5)4(6)7/h1-5H;1H2,(H2,6,7). The van der Waals surface area contributed by atoms with E-state index in [-0.39, 0.29) is 5.57 Å². The van der Waals surface area contributed by atoms with Crippen LogP contribution in [0.3, 0.4) is 0 Å². The van der Waals surface area contributed by atoms with Crippen LogP contribution in [0.2, 0.25) is 0 Å². The Morgan fingerprint density at radius 3 is 2.69 bits per heavy atom. The monoisotopic (exact) mass is 231 g/mol. The second-order valence-electron chi connectivity index (χ2n) is 2.77. The number of aromatic nitrogens is 1. The molecule has 0 saturated carbocycles. The molecule has 2 rings (SSSR count). The van der Waals surface area contributed by atoms with Gasteiger partial charge in [0.25, 0.3) is 5.91 Å². The van der Waals surface area contributed by atoms with Gasteiger partial charge >= 0.3 is 0 Å². The smallest absolute Gasteiger partial charge is 0.258 e. The summed E-state index contributed by atoms with van der Waals surface area (Å²) in [6, 6.07) is 9.62. The molecule has 16 heavy (non-hydrogen) atoms. The lowest BCUT2D eigenvalue weighted by atomic mass is 10.3. The number of nitrogens with two attached hydrogens (primary N) is 1. The van der Waals surface area contributed by atoms with Gasteiger partial charge in [0.05, 0.1) is 15.7 Å². The first-order chi connectivity index (χ1) is 7.65. The third kappa shape index (κ3) is 3.19. The first-order valence-corrected chi connectivity index (χ1v) is 5.20. The van der Waals surface area contributed by atoms with Gasteiger partial charge in [-0.05, 0) is 12.1 Å². The Morgan fingerprint density at radius 1 is 1.50 bits per heavy atom. The third-order valence-corrected chi connectivity index (χ3v) is 2.48. The molecule has 0 saturated heterocycles. The van der Waals surface area contributed by atoms with Gasteiger partial charge in [0.2, 0.25) is 0 Å². The van der Waals surface area contributed by atoms with Gasteiger partial charge in [-0.1, -0.05) is 18.7 Å². The zero-order valence-electron chi connectivity index (χ0n) is 8.38. The quantitative estimate of drug-likeness (QED) is 0.600. The summed E-state index contributed by atoms with van der Waals surface area (Å²) < 4.78 is 1.26. The fourth-order valence-electron chi connectivity index (χ4n) is 0.858. The molecule has 2 N–H and O–H groups in total. The zero-order valence-corrected chi connectivity index (χ0v) is 9.20. The Balaban J connectivity index is 0.000000168. The number of hydrogen-bond donors (Lipinski definition) is 1. The normalized spacial score (nSPS) is 8.69.